The average Bonchev–Trinajstić information content (AvgIpc) is 2.49. The first-order valence-electron chi connectivity index (χ1n) is 5.41. The molecule has 1 amide bonds. The Labute approximate surface area is 147 Å². The summed E-state index contributed by atoms with van der Waals surface area (Å²) in [5, 5.41) is 18.2. The summed E-state index contributed by atoms with van der Waals surface area (Å²) >= 11 is 0. The average molecular weight is 409 g/mol. The normalized spacial score (nSPS) is 7.68. The maximum absolute atomic E-state index is 10.6. The van der Waals surface area contributed by atoms with Crippen molar-refractivity contribution < 1.29 is 14.7 Å². The number of carbonyl (C=O) groups excluding carboxylic acids is 1. The van der Waals surface area contributed by atoms with E-state index in [0.717, 1.165) is 0 Å². The summed E-state index contributed by atoms with van der Waals surface area (Å²) in [5.74, 6) is -1.48. The number of amides is 1. The summed E-state index contributed by atoms with van der Waals surface area (Å²) in [6.45, 7) is 0. The summed E-state index contributed by atoms with van der Waals surface area (Å²) in [4.78, 5) is 20.8. The SMILES string of the molecule is C.C.O=C(N[O-])c1ccccc1.O=C(O)c1ccccc1.[Sn+2]. The van der Waals surface area contributed by atoms with Gasteiger partial charge < -0.3 is 15.8 Å². The van der Waals surface area contributed by atoms with E-state index in [9.17, 15) is 14.8 Å². The van der Waals surface area contributed by atoms with E-state index in [1.807, 2.05) is 0 Å². The summed E-state index contributed by atoms with van der Waals surface area (Å²) in [5.41, 5.74) is 2.01. The van der Waals surface area contributed by atoms with Crippen LogP contribution < -0.4 is 5.48 Å². The Morgan fingerprint density at radius 1 is 0.818 bits per heavy atom. The number of carboxylic acids is 1. The number of nitrogens with one attached hydrogen (secondary N) is 1. The van der Waals surface area contributed by atoms with Crippen LogP contribution in [0.1, 0.15) is 35.6 Å². The van der Waals surface area contributed by atoms with E-state index in [2.05, 4.69) is 0 Å². The Balaban J connectivity index is -0.000000290. The number of hydrogen-bond donors (Lipinski definition) is 2. The van der Waals surface area contributed by atoms with Gasteiger partial charge in [0.2, 0.25) is 5.91 Å². The Kier molecular flexibility index (Phi) is 16.1. The minimum atomic E-state index is -0.879. The van der Waals surface area contributed by atoms with Gasteiger partial charge in [-0.05, 0) is 24.3 Å². The molecular formula is C16H20NO4Sn+. The van der Waals surface area contributed by atoms with E-state index >= 15 is 0 Å². The molecule has 6 heteroatoms. The first kappa shape index (κ1) is 25.1. The van der Waals surface area contributed by atoms with E-state index in [-0.39, 0.29) is 38.8 Å². The van der Waals surface area contributed by atoms with Crippen molar-refractivity contribution in [1.82, 2.24) is 5.48 Å². The van der Waals surface area contributed by atoms with E-state index < -0.39 is 11.9 Å². The third kappa shape index (κ3) is 9.14. The van der Waals surface area contributed by atoms with Crippen LogP contribution in [0.5, 0.6) is 0 Å². The van der Waals surface area contributed by atoms with Gasteiger partial charge in [0, 0.05) is 5.56 Å². The number of carbonyl (C=O) groups is 2. The largest absolute Gasteiger partial charge is 2.00 e. The fraction of sp³-hybridized carbons (Fsp3) is 0.125. The topological polar surface area (TPSA) is 89.5 Å². The predicted molar refractivity (Wildman–Crippen MR) is 89.9 cm³/mol. The van der Waals surface area contributed by atoms with Crippen molar-refractivity contribution in [1.29, 1.82) is 0 Å². The van der Waals surface area contributed by atoms with Gasteiger partial charge in [-0.2, -0.15) is 0 Å². The van der Waals surface area contributed by atoms with Gasteiger partial charge >= 0.3 is 29.9 Å². The fourth-order valence-corrected chi connectivity index (χ4v) is 1.23. The second-order valence-electron chi connectivity index (χ2n) is 3.47. The van der Waals surface area contributed by atoms with Crippen LogP contribution in [-0.2, 0) is 0 Å². The van der Waals surface area contributed by atoms with Crippen LogP contribution in [0.3, 0.4) is 0 Å². The summed E-state index contributed by atoms with van der Waals surface area (Å²) in [6, 6.07) is 16.6. The molecule has 0 bridgehead atoms. The number of hydroxylamine groups is 1. The molecule has 0 saturated carbocycles. The molecule has 2 radical (unpaired) electrons. The number of carboxylic acid groups (broad SMARTS) is 1. The third-order valence-electron chi connectivity index (χ3n) is 2.15. The van der Waals surface area contributed by atoms with Gasteiger partial charge in [-0.15, -0.1) is 0 Å². The van der Waals surface area contributed by atoms with Crippen molar-refractivity contribution in [3.8, 4) is 0 Å². The maximum Gasteiger partial charge on any atom is 2.00 e. The summed E-state index contributed by atoms with van der Waals surface area (Å²) in [7, 11) is 0. The zero-order valence-electron chi connectivity index (χ0n) is 10.4. The molecule has 0 saturated heterocycles. The zero-order valence-corrected chi connectivity index (χ0v) is 13.3. The summed E-state index contributed by atoms with van der Waals surface area (Å²) < 4.78 is 0. The fourth-order valence-electron chi connectivity index (χ4n) is 1.23. The van der Waals surface area contributed by atoms with Crippen molar-refractivity contribution in [3.63, 3.8) is 0 Å². The number of hydrogen-bond acceptors (Lipinski definition) is 3. The Hall–Kier alpha value is -1.86. The quantitative estimate of drug-likeness (QED) is 0.589. The second-order valence-corrected chi connectivity index (χ2v) is 3.47. The molecule has 0 fully saturated rings. The van der Waals surface area contributed by atoms with E-state index in [1.165, 1.54) is 5.48 Å². The van der Waals surface area contributed by atoms with Gasteiger partial charge in [0.05, 0.1) is 5.56 Å². The van der Waals surface area contributed by atoms with Gasteiger partial charge in [-0.25, -0.2) is 4.79 Å². The molecule has 0 unspecified atom stereocenters. The van der Waals surface area contributed by atoms with Crippen LogP contribution in [0.25, 0.3) is 0 Å². The van der Waals surface area contributed by atoms with Gasteiger partial charge in [0.15, 0.2) is 0 Å². The molecule has 2 aromatic rings. The molecule has 0 atom stereocenters. The summed E-state index contributed by atoms with van der Waals surface area (Å²) in [6.07, 6.45) is 0. The minimum absolute atomic E-state index is 0. The Morgan fingerprint density at radius 2 is 1.18 bits per heavy atom. The Morgan fingerprint density at radius 3 is 1.45 bits per heavy atom. The smallest absolute Gasteiger partial charge is 0.759 e. The predicted octanol–water partition coefficient (Wildman–Crippen LogP) is 3.19. The second kappa shape index (κ2) is 14.1. The first-order chi connectivity index (χ1) is 9.15. The van der Waals surface area contributed by atoms with Crippen LogP contribution >= 0.6 is 0 Å². The third-order valence-corrected chi connectivity index (χ3v) is 2.15. The molecule has 116 valence electrons. The molecule has 0 spiro atoms. The van der Waals surface area contributed by atoms with E-state index in [4.69, 9.17) is 5.11 Å². The van der Waals surface area contributed by atoms with Gasteiger partial charge in [0.1, 0.15) is 0 Å². The van der Waals surface area contributed by atoms with Crippen LogP contribution in [-0.4, -0.2) is 40.9 Å². The van der Waals surface area contributed by atoms with Crippen molar-refractivity contribution in [2.45, 2.75) is 14.9 Å². The molecule has 0 aliphatic carbocycles. The van der Waals surface area contributed by atoms with Crippen LogP contribution in [0.15, 0.2) is 60.7 Å². The molecule has 0 aliphatic heterocycles. The van der Waals surface area contributed by atoms with Crippen LogP contribution in [0.4, 0.5) is 0 Å². The van der Waals surface area contributed by atoms with E-state index in [1.54, 1.807) is 60.7 Å². The molecule has 0 aromatic heterocycles. The van der Waals surface area contributed by atoms with Crippen LogP contribution in [0, 0.1) is 5.21 Å². The molecule has 2 rings (SSSR count). The Bertz CT molecular complexity index is 532. The van der Waals surface area contributed by atoms with Crippen molar-refractivity contribution in [3.05, 3.63) is 77.0 Å². The van der Waals surface area contributed by atoms with Crippen molar-refractivity contribution >= 4 is 35.8 Å². The minimum Gasteiger partial charge on any atom is -0.759 e. The molecule has 0 aliphatic rings. The molecule has 0 heterocycles. The van der Waals surface area contributed by atoms with E-state index in [0.29, 0.717) is 11.1 Å². The van der Waals surface area contributed by atoms with Gasteiger partial charge in [-0.1, -0.05) is 51.3 Å². The maximum atomic E-state index is 10.6. The van der Waals surface area contributed by atoms with Gasteiger partial charge in [0.25, 0.3) is 0 Å². The van der Waals surface area contributed by atoms with Crippen molar-refractivity contribution in [2.24, 2.45) is 0 Å². The number of aromatic carboxylic acids is 1. The molecule has 2 aromatic carbocycles. The number of rotatable bonds is 2. The van der Waals surface area contributed by atoms with Crippen molar-refractivity contribution in [2.75, 3.05) is 0 Å². The molecular weight excluding hydrogens is 389 g/mol. The molecule has 2 N–H and O–H groups in total. The first-order valence-corrected chi connectivity index (χ1v) is 5.41. The standard InChI is InChI=1S/C7H6NO2.C7H6O2.2CH4.Sn/c9-7(8-10)6-4-2-1-3-5-6;8-7(9)6-4-2-1-3-5-6;;;/h1-5H,(H-,8,9,10);1-5H,(H,8,9);2*1H4;/q-1;;;;+2. The van der Waals surface area contributed by atoms with Crippen LogP contribution in [0.2, 0.25) is 0 Å². The van der Waals surface area contributed by atoms with Gasteiger partial charge in [-0.3, -0.25) is 4.79 Å². The molecule has 22 heavy (non-hydrogen) atoms. The zero-order chi connectivity index (χ0) is 14.1. The number of benzene rings is 2. The molecule has 5 nitrogen and oxygen atoms in total. The monoisotopic (exact) mass is 410 g/mol.